The lowest BCUT2D eigenvalue weighted by molar-refractivity contribution is 0.601. The van der Waals surface area contributed by atoms with E-state index in [4.69, 9.17) is 28.8 Å². The van der Waals surface area contributed by atoms with E-state index in [1.165, 1.54) is 10.6 Å². The molecular formula is C27H32ClFN8O. The van der Waals surface area contributed by atoms with Crippen molar-refractivity contribution in [1.82, 2.24) is 19.9 Å². The molecule has 2 heterocycles. The third-order valence-corrected chi connectivity index (χ3v) is 6.50. The number of benzene rings is 2. The molecule has 0 bridgehead atoms. The molecule has 9 nitrogen and oxygen atoms in total. The van der Waals surface area contributed by atoms with Crippen LogP contribution < -0.4 is 28.2 Å². The van der Waals surface area contributed by atoms with Gasteiger partial charge in [0.1, 0.15) is 11.5 Å². The number of nitrogens with one attached hydrogen (secondary N) is 2. The number of hydrogen-bond acceptors (Lipinski definition) is 5. The summed E-state index contributed by atoms with van der Waals surface area (Å²) in [6.45, 7) is 2.61. The van der Waals surface area contributed by atoms with E-state index < -0.39 is 5.69 Å². The smallest absolute Gasteiger partial charge is 0.354 e. The number of aromatic nitrogens is 3. The Morgan fingerprint density at radius 1 is 1.13 bits per heavy atom. The summed E-state index contributed by atoms with van der Waals surface area (Å²) < 4.78 is 15.9. The van der Waals surface area contributed by atoms with Crippen LogP contribution in [0.5, 0.6) is 0 Å². The van der Waals surface area contributed by atoms with Crippen molar-refractivity contribution in [2.75, 3.05) is 19.6 Å². The lowest BCUT2D eigenvalue weighted by Gasteiger charge is -2.08. The van der Waals surface area contributed by atoms with Crippen LogP contribution in [-0.4, -0.2) is 40.1 Å². The molecule has 0 saturated carbocycles. The van der Waals surface area contributed by atoms with Gasteiger partial charge in [-0.3, -0.25) is 9.56 Å². The van der Waals surface area contributed by atoms with Crippen molar-refractivity contribution >= 4 is 28.6 Å². The largest absolute Gasteiger partial charge is 0.370 e. The number of rotatable bonds is 12. The number of aryl methyl sites for hydroxylation is 1. The number of hydrogen-bond donors (Lipinski definition) is 5. The second-order valence-electron chi connectivity index (χ2n) is 9.05. The Kier molecular flexibility index (Phi) is 9.11. The molecule has 8 N–H and O–H groups in total. The Morgan fingerprint density at radius 3 is 2.66 bits per heavy atom. The van der Waals surface area contributed by atoms with Crippen LogP contribution in [-0.2, 0) is 13.0 Å². The van der Waals surface area contributed by atoms with E-state index >= 15 is 0 Å². The number of unbranched alkanes of at least 4 members (excludes halogenated alkanes) is 1. The van der Waals surface area contributed by atoms with Crippen molar-refractivity contribution in [3.8, 4) is 16.9 Å². The molecule has 200 valence electrons. The third-order valence-electron chi connectivity index (χ3n) is 6.18. The van der Waals surface area contributed by atoms with E-state index in [0.717, 1.165) is 36.8 Å². The molecule has 0 unspecified atom stereocenters. The molecule has 38 heavy (non-hydrogen) atoms. The zero-order valence-corrected chi connectivity index (χ0v) is 21.8. The normalized spacial score (nSPS) is 11.2. The Hall–Kier alpha value is -3.73. The SMILES string of the molecule is NCCCCc1cc(-c2cc3cn(-c4ccc(CNCCCN=C(N)N)cc4)c(=O)nc3[nH]2)c(Cl)cc1F. The lowest BCUT2D eigenvalue weighted by atomic mass is 10.0. The summed E-state index contributed by atoms with van der Waals surface area (Å²) >= 11 is 6.38. The van der Waals surface area contributed by atoms with Gasteiger partial charge < -0.3 is 27.5 Å². The van der Waals surface area contributed by atoms with Crippen LogP contribution in [0.2, 0.25) is 5.02 Å². The highest BCUT2D eigenvalue weighted by molar-refractivity contribution is 6.33. The Balaban J connectivity index is 1.51. The molecule has 11 heteroatoms. The number of aromatic amines is 1. The number of halogens is 2. The van der Waals surface area contributed by atoms with Crippen molar-refractivity contribution in [2.24, 2.45) is 22.2 Å². The Bertz CT molecular complexity index is 1480. The van der Waals surface area contributed by atoms with Crippen LogP contribution in [0.4, 0.5) is 4.39 Å². The van der Waals surface area contributed by atoms with Gasteiger partial charge in [0.2, 0.25) is 0 Å². The summed E-state index contributed by atoms with van der Waals surface area (Å²) in [4.78, 5) is 24.1. The van der Waals surface area contributed by atoms with Crippen LogP contribution in [0.15, 0.2) is 58.4 Å². The molecule has 4 aromatic rings. The quantitative estimate of drug-likeness (QED) is 0.106. The summed E-state index contributed by atoms with van der Waals surface area (Å²) in [6.07, 6.45) is 4.74. The minimum atomic E-state index is -0.413. The van der Waals surface area contributed by atoms with E-state index in [1.54, 1.807) is 12.3 Å². The summed E-state index contributed by atoms with van der Waals surface area (Å²) in [6, 6.07) is 12.6. The van der Waals surface area contributed by atoms with Crippen LogP contribution >= 0.6 is 11.6 Å². The topological polar surface area (TPSA) is 153 Å². The van der Waals surface area contributed by atoms with E-state index in [-0.39, 0.29) is 16.8 Å². The van der Waals surface area contributed by atoms with E-state index in [0.29, 0.717) is 54.2 Å². The minimum absolute atomic E-state index is 0.0989. The van der Waals surface area contributed by atoms with Gasteiger partial charge in [-0.05, 0) is 80.2 Å². The second-order valence-corrected chi connectivity index (χ2v) is 9.46. The molecule has 0 atom stereocenters. The molecule has 0 aliphatic carbocycles. The summed E-state index contributed by atoms with van der Waals surface area (Å²) in [5.74, 6) is -0.240. The highest BCUT2D eigenvalue weighted by Gasteiger charge is 2.14. The molecule has 0 radical (unpaired) electrons. The van der Waals surface area contributed by atoms with Crippen LogP contribution in [0, 0.1) is 5.82 Å². The highest BCUT2D eigenvalue weighted by atomic mass is 35.5. The van der Waals surface area contributed by atoms with Crippen LogP contribution in [0.3, 0.4) is 0 Å². The number of fused-ring (bicyclic) bond motifs is 1. The van der Waals surface area contributed by atoms with Gasteiger partial charge >= 0.3 is 5.69 Å². The first-order valence-corrected chi connectivity index (χ1v) is 12.9. The van der Waals surface area contributed by atoms with Crippen LogP contribution in [0.25, 0.3) is 28.0 Å². The average molecular weight is 539 g/mol. The van der Waals surface area contributed by atoms with Crippen molar-refractivity contribution in [2.45, 2.75) is 32.2 Å². The molecule has 0 spiro atoms. The highest BCUT2D eigenvalue weighted by Crippen LogP contribution is 2.32. The van der Waals surface area contributed by atoms with Gasteiger partial charge in [0.15, 0.2) is 5.96 Å². The maximum atomic E-state index is 14.4. The monoisotopic (exact) mass is 538 g/mol. The fourth-order valence-electron chi connectivity index (χ4n) is 4.20. The van der Waals surface area contributed by atoms with Gasteiger partial charge in [-0.2, -0.15) is 4.98 Å². The van der Waals surface area contributed by atoms with Gasteiger partial charge in [-0.25, -0.2) is 9.18 Å². The van der Waals surface area contributed by atoms with Crippen molar-refractivity contribution in [3.05, 3.63) is 81.1 Å². The number of aliphatic imine (C=N–C) groups is 1. The van der Waals surface area contributed by atoms with Gasteiger partial charge in [0.05, 0.1) is 10.7 Å². The Labute approximate surface area is 224 Å². The summed E-state index contributed by atoms with van der Waals surface area (Å²) in [7, 11) is 0. The first kappa shape index (κ1) is 27.3. The molecule has 2 aromatic carbocycles. The molecule has 0 aliphatic rings. The Morgan fingerprint density at radius 2 is 1.92 bits per heavy atom. The van der Waals surface area contributed by atoms with Gasteiger partial charge in [0.25, 0.3) is 0 Å². The van der Waals surface area contributed by atoms with Crippen molar-refractivity contribution in [1.29, 1.82) is 0 Å². The standard InChI is InChI=1S/C27H32ClFN8O/c28-22-14-23(29)18(4-1-2-9-30)12-21(22)24-13-19-16-37(27(38)36-25(19)35-24)20-7-5-17(6-8-20)15-33-10-3-11-34-26(31)32/h5-8,12-14,16,33H,1-4,9-11,15,30H2,(H4,31,32,34)(H,35,36,38). The number of H-pyrrole nitrogens is 1. The fraction of sp³-hybridized carbons (Fsp3) is 0.296. The van der Waals surface area contributed by atoms with Gasteiger partial charge in [-0.15, -0.1) is 0 Å². The maximum Gasteiger partial charge on any atom is 0.354 e. The van der Waals surface area contributed by atoms with E-state index in [1.807, 2.05) is 30.3 Å². The summed E-state index contributed by atoms with van der Waals surface area (Å²) in [5.41, 5.74) is 19.9. The van der Waals surface area contributed by atoms with Crippen molar-refractivity contribution in [3.63, 3.8) is 0 Å². The molecule has 0 saturated heterocycles. The van der Waals surface area contributed by atoms with Gasteiger partial charge in [0, 0.05) is 35.9 Å². The van der Waals surface area contributed by atoms with E-state index in [2.05, 4.69) is 20.3 Å². The molecule has 2 aromatic heterocycles. The predicted octanol–water partition coefficient (Wildman–Crippen LogP) is 3.21. The number of guanidine groups is 1. The molecule has 0 aliphatic heterocycles. The first-order valence-electron chi connectivity index (χ1n) is 12.5. The fourth-order valence-corrected chi connectivity index (χ4v) is 4.45. The average Bonchev–Trinajstić information content (AvgIpc) is 3.29. The minimum Gasteiger partial charge on any atom is -0.370 e. The molecule has 0 fully saturated rings. The van der Waals surface area contributed by atoms with Crippen LogP contribution in [0.1, 0.15) is 30.4 Å². The first-order chi connectivity index (χ1) is 18.4. The molecular weight excluding hydrogens is 507 g/mol. The molecule has 4 rings (SSSR count). The predicted molar refractivity (Wildman–Crippen MR) is 151 cm³/mol. The molecule has 0 amide bonds. The third kappa shape index (κ3) is 6.77. The number of nitrogens with two attached hydrogens (primary N) is 3. The van der Waals surface area contributed by atoms with Crippen molar-refractivity contribution < 1.29 is 4.39 Å². The zero-order valence-electron chi connectivity index (χ0n) is 21.0. The lowest BCUT2D eigenvalue weighted by Crippen LogP contribution is -2.23. The van der Waals surface area contributed by atoms with Gasteiger partial charge in [-0.1, -0.05) is 23.7 Å². The van der Waals surface area contributed by atoms with E-state index in [9.17, 15) is 9.18 Å². The number of nitrogens with zero attached hydrogens (tertiary/aromatic N) is 3. The second kappa shape index (κ2) is 12.7. The summed E-state index contributed by atoms with van der Waals surface area (Å²) in [5, 5.41) is 4.36. The maximum absolute atomic E-state index is 14.4. The zero-order chi connectivity index (χ0) is 27.1.